The molecule has 1 heterocycles. The van der Waals surface area contributed by atoms with E-state index in [1.165, 1.54) is 30.3 Å². The number of carboxylic acid groups (broad SMARTS) is 1. The molecule has 0 aliphatic heterocycles. The second kappa shape index (κ2) is 13.4. The Bertz CT molecular complexity index is 1550. The van der Waals surface area contributed by atoms with E-state index in [9.17, 15) is 27.5 Å². The molecule has 0 bridgehead atoms. The monoisotopic (exact) mass is 591 g/mol. The molecule has 224 valence electrons. The van der Waals surface area contributed by atoms with Crippen LogP contribution in [0.5, 0.6) is 5.75 Å². The molecule has 0 spiro atoms. The summed E-state index contributed by atoms with van der Waals surface area (Å²) in [6.07, 6.45) is 0.0224. The Kier molecular flexibility index (Phi) is 9.40. The molecule has 1 aliphatic rings. The largest absolute Gasteiger partial charge is 0.543 e. The number of nitrogens with one attached hydrogen (secondary N) is 1. The highest BCUT2D eigenvalue weighted by Crippen LogP contribution is 2.30. The number of halogens is 4. The normalized spacial score (nSPS) is 14.7. The number of nitrogens with zero attached hydrogens (tertiary/aromatic N) is 1. The number of alkyl halides is 3. The zero-order chi connectivity index (χ0) is 30.4. The van der Waals surface area contributed by atoms with Gasteiger partial charge in [-0.15, -0.1) is 0 Å². The first-order chi connectivity index (χ1) is 20.7. The van der Waals surface area contributed by atoms with E-state index < -0.39 is 17.7 Å². The summed E-state index contributed by atoms with van der Waals surface area (Å²) in [4.78, 5) is 15.4. The summed E-state index contributed by atoms with van der Waals surface area (Å²) in [5.74, 6) is -1.04. The molecule has 9 heteroatoms. The van der Waals surface area contributed by atoms with Crippen LogP contribution in [0, 0.1) is 5.82 Å². The summed E-state index contributed by atoms with van der Waals surface area (Å²) >= 11 is 0. The quantitative estimate of drug-likeness (QED) is 0.211. The molecular formula is C34H31F4N2O3-. The van der Waals surface area contributed by atoms with E-state index in [-0.39, 0.29) is 17.6 Å². The molecular weight excluding hydrogens is 560 g/mol. The van der Waals surface area contributed by atoms with Crippen molar-refractivity contribution >= 4 is 5.97 Å². The van der Waals surface area contributed by atoms with Gasteiger partial charge in [0.2, 0.25) is 0 Å². The van der Waals surface area contributed by atoms with Crippen LogP contribution in [0.1, 0.15) is 68.4 Å². The average Bonchev–Trinajstić information content (AvgIpc) is 2.99. The van der Waals surface area contributed by atoms with E-state index in [0.717, 1.165) is 64.9 Å². The number of rotatable bonds is 11. The van der Waals surface area contributed by atoms with Crippen LogP contribution in [-0.2, 0) is 38.5 Å². The molecule has 1 N–H and O–H groups in total. The summed E-state index contributed by atoms with van der Waals surface area (Å²) < 4.78 is 58.5. The highest BCUT2D eigenvalue weighted by atomic mass is 19.4. The second-order valence-corrected chi connectivity index (χ2v) is 10.7. The summed E-state index contributed by atoms with van der Waals surface area (Å²) in [5, 5.41) is 14.7. The number of benzene rings is 3. The van der Waals surface area contributed by atoms with Crippen LogP contribution in [0.3, 0.4) is 0 Å². The van der Waals surface area contributed by atoms with Gasteiger partial charge in [-0.2, -0.15) is 13.2 Å². The fourth-order valence-electron chi connectivity index (χ4n) is 5.36. The maximum absolute atomic E-state index is 14.1. The van der Waals surface area contributed by atoms with Gasteiger partial charge in [0, 0.05) is 11.7 Å². The van der Waals surface area contributed by atoms with Gasteiger partial charge in [0.05, 0.1) is 17.2 Å². The summed E-state index contributed by atoms with van der Waals surface area (Å²) in [5.41, 5.74) is 4.62. The summed E-state index contributed by atoms with van der Waals surface area (Å²) in [7, 11) is 0. The van der Waals surface area contributed by atoms with Gasteiger partial charge in [0.15, 0.2) is 0 Å². The zero-order valence-electron chi connectivity index (χ0n) is 23.4. The average molecular weight is 592 g/mol. The third-order valence-corrected chi connectivity index (χ3v) is 7.71. The third-order valence-electron chi connectivity index (χ3n) is 7.71. The van der Waals surface area contributed by atoms with Gasteiger partial charge < -0.3 is 20.0 Å². The molecule has 43 heavy (non-hydrogen) atoms. The number of aromatic nitrogens is 1. The number of fused-ring (bicyclic) bond motifs is 1. The Hall–Kier alpha value is -4.24. The number of carbonyl (C=O) groups is 1. The van der Waals surface area contributed by atoms with E-state index in [1.807, 2.05) is 24.3 Å². The minimum absolute atomic E-state index is 0.0303. The first-order valence-corrected chi connectivity index (χ1v) is 14.3. The topological polar surface area (TPSA) is 74.3 Å². The maximum atomic E-state index is 14.1. The van der Waals surface area contributed by atoms with Crippen LogP contribution in [0.2, 0.25) is 0 Å². The van der Waals surface area contributed by atoms with Crippen molar-refractivity contribution in [2.75, 3.05) is 6.54 Å². The SMILES string of the molecule is O=C([O-])c1ccc2c(n1)CCCC2NCCc1cc(F)ccc1OCc1ccc(CCc2ccc(C(F)(F)F)cc2)cc1. The van der Waals surface area contributed by atoms with Crippen molar-refractivity contribution in [3.8, 4) is 5.75 Å². The Morgan fingerprint density at radius 1 is 0.907 bits per heavy atom. The van der Waals surface area contributed by atoms with E-state index in [2.05, 4.69) is 10.3 Å². The number of carbonyl (C=O) groups excluding carboxylic acids is 1. The first kappa shape index (κ1) is 30.2. The van der Waals surface area contributed by atoms with Crippen molar-refractivity contribution in [2.45, 2.75) is 57.3 Å². The van der Waals surface area contributed by atoms with Crippen LogP contribution in [0.15, 0.2) is 78.9 Å². The molecule has 3 aromatic carbocycles. The van der Waals surface area contributed by atoms with Crippen LogP contribution in [-0.4, -0.2) is 17.5 Å². The van der Waals surface area contributed by atoms with Gasteiger partial charge in [-0.05, 0) is 109 Å². The Morgan fingerprint density at radius 3 is 2.26 bits per heavy atom. The number of ether oxygens (including phenoxy) is 1. The van der Waals surface area contributed by atoms with Crippen LogP contribution in [0.25, 0.3) is 0 Å². The van der Waals surface area contributed by atoms with Crippen molar-refractivity contribution in [3.63, 3.8) is 0 Å². The Labute approximate surface area is 247 Å². The van der Waals surface area contributed by atoms with Gasteiger partial charge in [-0.1, -0.05) is 42.5 Å². The molecule has 1 unspecified atom stereocenters. The molecule has 0 saturated carbocycles. The minimum Gasteiger partial charge on any atom is -0.543 e. The Morgan fingerprint density at radius 2 is 1.58 bits per heavy atom. The third kappa shape index (κ3) is 7.99. The molecule has 0 radical (unpaired) electrons. The maximum Gasteiger partial charge on any atom is 0.416 e. The number of aryl methyl sites for hydroxylation is 3. The van der Waals surface area contributed by atoms with Gasteiger partial charge in [-0.25, -0.2) is 4.39 Å². The minimum atomic E-state index is -4.34. The highest BCUT2D eigenvalue weighted by molar-refractivity contribution is 5.83. The van der Waals surface area contributed by atoms with Crippen molar-refractivity contribution in [1.82, 2.24) is 10.3 Å². The second-order valence-electron chi connectivity index (χ2n) is 10.7. The number of carboxylic acids is 1. The molecule has 0 amide bonds. The number of pyridine rings is 1. The fraction of sp³-hybridized carbons (Fsp3) is 0.294. The van der Waals surface area contributed by atoms with E-state index in [1.54, 1.807) is 12.1 Å². The lowest BCUT2D eigenvalue weighted by molar-refractivity contribution is -0.255. The van der Waals surface area contributed by atoms with Crippen LogP contribution in [0.4, 0.5) is 17.6 Å². The van der Waals surface area contributed by atoms with Gasteiger partial charge in [0.1, 0.15) is 18.2 Å². The van der Waals surface area contributed by atoms with Crippen LogP contribution < -0.4 is 15.2 Å². The lowest BCUT2D eigenvalue weighted by Crippen LogP contribution is -2.29. The molecule has 0 fully saturated rings. The van der Waals surface area contributed by atoms with Crippen LogP contribution >= 0.6 is 0 Å². The summed E-state index contributed by atoms with van der Waals surface area (Å²) in [6.45, 7) is 0.869. The molecule has 0 saturated heterocycles. The van der Waals surface area contributed by atoms with Gasteiger partial charge in [0.25, 0.3) is 0 Å². The molecule has 5 rings (SSSR count). The van der Waals surface area contributed by atoms with E-state index in [4.69, 9.17) is 4.74 Å². The van der Waals surface area contributed by atoms with Crippen molar-refractivity contribution in [1.29, 1.82) is 0 Å². The van der Waals surface area contributed by atoms with Crippen molar-refractivity contribution in [3.05, 3.63) is 129 Å². The van der Waals surface area contributed by atoms with Crippen molar-refractivity contribution in [2.24, 2.45) is 0 Å². The highest BCUT2D eigenvalue weighted by Gasteiger charge is 2.29. The first-order valence-electron chi connectivity index (χ1n) is 14.3. The molecule has 4 aromatic rings. The van der Waals surface area contributed by atoms with Gasteiger partial charge >= 0.3 is 6.18 Å². The van der Waals surface area contributed by atoms with E-state index >= 15 is 0 Å². The fourth-order valence-corrected chi connectivity index (χ4v) is 5.36. The van der Waals surface area contributed by atoms with Crippen molar-refractivity contribution < 1.29 is 32.2 Å². The standard InChI is InChI=1S/C34H32F4N2O3/c35-27-14-17-32(25(20-27)18-19-39-29-2-1-3-30-28(29)15-16-31(40-30)33(41)42)43-21-24-8-6-22(7-9-24)4-5-23-10-12-26(13-11-23)34(36,37)38/h6-17,20,29,39H,1-5,18-19,21H2,(H,41,42)/p-1. The number of hydrogen-bond donors (Lipinski definition) is 1. The van der Waals surface area contributed by atoms with E-state index in [0.29, 0.717) is 38.2 Å². The zero-order valence-corrected chi connectivity index (χ0v) is 23.4. The predicted molar refractivity (Wildman–Crippen MR) is 152 cm³/mol. The number of hydrogen-bond acceptors (Lipinski definition) is 5. The summed E-state index contributed by atoms with van der Waals surface area (Å²) in [6, 6.07) is 20.9. The molecule has 5 nitrogen and oxygen atoms in total. The lowest BCUT2D eigenvalue weighted by atomic mass is 9.91. The molecule has 1 aliphatic carbocycles. The molecule has 1 atom stereocenters. The predicted octanol–water partition coefficient (Wildman–Crippen LogP) is 6.18. The Balaban J connectivity index is 1.13. The molecule has 1 aromatic heterocycles. The smallest absolute Gasteiger partial charge is 0.416 e. The van der Waals surface area contributed by atoms with Gasteiger partial charge in [-0.3, -0.25) is 4.98 Å². The lowest BCUT2D eigenvalue weighted by Gasteiger charge is -2.26. The number of aromatic carboxylic acids is 1.